The first-order chi connectivity index (χ1) is 15.1. The maximum absolute atomic E-state index is 11.4. The monoisotopic (exact) mass is 426 g/mol. The molecule has 32 heavy (non-hydrogen) atoms. The average molecular weight is 427 g/mol. The number of hydrogen-bond acceptors (Lipinski definition) is 4. The van der Waals surface area contributed by atoms with Crippen LogP contribution in [0, 0.1) is 11.8 Å². The largest absolute Gasteiger partial charge is 0.385 e. The van der Waals surface area contributed by atoms with E-state index in [1.54, 1.807) is 44.2 Å². The van der Waals surface area contributed by atoms with Gasteiger partial charge < -0.3 is 20.4 Å². The van der Waals surface area contributed by atoms with E-state index in [0.717, 1.165) is 16.7 Å². The highest BCUT2D eigenvalue weighted by atomic mass is 16.4. The zero-order chi connectivity index (χ0) is 22.8. The first-order valence-corrected chi connectivity index (χ1v) is 10.8. The summed E-state index contributed by atoms with van der Waals surface area (Å²) in [4.78, 5) is 0. The molecule has 0 saturated heterocycles. The zero-order valence-electron chi connectivity index (χ0n) is 18.1. The molecule has 6 bridgehead atoms. The van der Waals surface area contributed by atoms with E-state index in [-0.39, 0.29) is 0 Å². The average Bonchev–Trinajstić information content (AvgIpc) is 2.81. The predicted molar refractivity (Wildman–Crippen MR) is 122 cm³/mol. The second-order valence-electron chi connectivity index (χ2n) is 9.45. The van der Waals surface area contributed by atoms with Gasteiger partial charge in [-0.1, -0.05) is 78.6 Å². The van der Waals surface area contributed by atoms with Crippen molar-refractivity contribution in [2.24, 2.45) is 0 Å². The lowest BCUT2D eigenvalue weighted by Crippen LogP contribution is -2.53. The molecule has 1 unspecified atom stereocenters. The molecule has 5 aliphatic rings. The van der Waals surface area contributed by atoms with Crippen LogP contribution in [-0.4, -0.2) is 20.4 Å². The van der Waals surface area contributed by atoms with Crippen LogP contribution in [0.2, 0.25) is 0 Å². The Morgan fingerprint density at radius 1 is 0.562 bits per heavy atom. The maximum Gasteiger partial charge on any atom is 0.196 e. The van der Waals surface area contributed by atoms with Crippen molar-refractivity contribution in [1.29, 1.82) is 0 Å². The van der Waals surface area contributed by atoms with Gasteiger partial charge in [0.15, 0.2) is 11.2 Å². The maximum atomic E-state index is 11.4. The lowest BCUT2D eigenvalue weighted by Gasteiger charge is -2.42. The summed E-state index contributed by atoms with van der Waals surface area (Å²) in [6, 6.07) is 21.9. The van der Waals surface area contributed by atoms with Gasteiger partial charge in [-0.2, -0.15) is 0 Å². The number of hydrogen-bond donors (Lipinski definition) is 4. The molecule has 0 saturated carbocycles. The molecule has 4 nitrogen and oxygen atoms in total. The molecule has 4 atom stereocenters. The Kier molecular flexibility index (Phi) is 4.43. The minimum Gasteiger partial charge on any atom is -0.385 e. The highest BCUT2D eigenvalue weighted by molar-refractivity contribution is 5.67. The molecule has 4 N–H and O–H groups in total. The number of benzene rings is 3. The molecule has 0 aliphatic heterocycles. The van der Waals surface area contributed by atoms with E-state index >= 15 is 0 Å². The predicted octanol–water partition coefficient (Wildman–Crippen LogP) is 3.65. The van der Waals surface area contributed by atoms with Crippen molar-refractivity contribution in [3.63, 3.8) is 0 Å². The van der Waals surface area contributed by atoms with E-state index in [4.69, 9.17) is 0 Å². The second-order valence-corrected chi connectivity index (χ2v) is 9.45. The van der Waals surface area contributed by atoms with Gasteiger partial charge in [-0.05, 0) is 55.0 Å². The van der Waals surface area contributed by atoms with Crippen molar-refractivity contribution in [1.82, 2.24) is 0 Å². The summed E-state index contributed by atoms with van der Waals surface area (Å²) >= 11 is 0. The zero-order valence-corrected chi connectivity index (χ0v) is 18.1. The van der Waals surface area contributed by atoms with E-state index in [0.29, 0.717) is 29.5 Å². The van der Waals surface area contributed by atoms with E-state index in [1.165, 1.54) is 0 Å². The summed E-state index contributed by atoms with van der Waals surface area (Å²) in [6.07, 6.45) is 0.710. The Labute approximate surface area is 187 Å². The van der Waals surface area contributed by atoms with E-state index in [2.05, 4.69) is 11.8 Å². The topological polar surface area (TPSA) is 80.9 Å². The van der Waals surface area contributed by atoms with Gasteiger partial charge in [-0.15, -0.1) is 0 Å². The minimum atomic E-state index is -1.75. The van der Waals surface area contributed by atoms with E-state index in [9.17, 15) is 20.4 Å². The fourth-order valence-corrected chi connectivity index (χ4v) is 4.65. The molecule has 4 heteroatoms. The molecule has 3 aromatic rings. The van der Waals surface area contributed by atoms with Crippen LogP contribution in [0.15, 0.2) is 72.8 Å². The van der Waals surface area contributed by atoms with Gasteiger partial charge in [0.05, 0.1) is 11.2 Å². The fourth-order valence-electron chi connectivity index (χ4n) is 4.65. The molecule has 0 spiro atoms. The van der Waals surface area contributed by atoms with Crippen molar-refractivity contribution in [2.45, 2.75) is 49.1 Å². The molecule has 8 rings (SSSR count). The highest BCUT2D eigenvalue weighted by Crippen LogP contribution is 2.46. The summed E-state index contributed by atoms with van der Waals surface area (Å²) in [7, 11) is 0. The Balaban J connectivity index is 1.70. The van der Waals surface area contributed by atoms with Gasteiger partial charge in [-0.25, -0.2) is 0 Å². The van der Waals surface area contributed by atoms with Gasteiger partial charge in [0, 0.05) is 11.1 Å². The van der Waals surface area contributed by atoms with Crippen molar-refractivity contribution >= 4 is 0 Å². The van der Waals surface area contributed by atoms with Gasteiger partial charge in [0.25, 0.3) is 0 Å². The smallest absolute Gasteiger partial charge is 0.196 e. The SMILES string of the molecule is C[C@]1(O)CC[C@@](C)(O)c2ccc(cc2)[C@]2(O)C#CC2(O)c2cccc(c2)-c2ccc1cc2. The standard InChI is InChI=1S/C28H26O4/c1-25(29)14-15-26(2,30)22-10-12-23(13-11-22)27(31)16-17-28(27,32)24-5-3-4-20(18-24)19-6-8-21(25)9-7-19/h3-13,18,29-32H,14-15H2,1-2H3/t25-,26+,27+,28?/m0/s1. The lowest BCUT2D eigenvalue weighted by atomic mass is 9.67. The van der Waals surface area contributed by atoms with E-state index in [1.807, 2.05) is 42.5 Å². The van der Waals surface area contributed by atoms with Crippen LogP contribution in [0.3, 0.4) is 0 Å². The van der Waals surface area contributed by atoms with Crippen molar-refractivity contribution < 1.29 is 20.4 Å². The molecule has 0 radical (unpaired) electrons. The Bertz CT molecular complexity index is 1250. The van der Waals surface area contributed by atoms with Crippen LogP contribution in [0.5, 0.6) is 0 Å². The molecular weight excluding hydrogens is 400 g/mol. The van der Waals surface area contributed by atoms with Crippen LogP contribution >= 0.6 is 0 Å². The molecule has 3 aromatic carbocycles. The van der Waals surface area contributed by atoms with Gasteiger partial charge in [-0.3, -0.25) is 0 Å². The van der Waals surface area contributed by atoms with E-state index < -0.39 is 22.4 Å². The first-order valence-electron chi connectivity index (χ1n) is 10.8. The molecule has 0 amide bonds. The van der Waals surface area contributed by atoms with Crippen molar-refractivity contribution in [3.8, 4) is 23.0 Å². The van der Waals surface area contributed by atoms with Crippen LogP contribution in [-0.2, 0) is 22.4 Å². The fraction of sp³-hybridized carbons (Fsp3) is 0.286. The highest BCUT2D eigenvalue weighted by Gasteiger charge is 2.55. The summed E-state index contributed by atoms with van der Waals surface area (Å²) in [5.41, 5.74) is -1.57. The third-order valence-electron chi connectivity index (χ3n) is 7.09. The second kappa shape index (κ2) is 6.78. The Morgan fingerprint density at radius 3 is 1.56 bits per heavy atom. The summed E-state index contributed by atoms with van der Waals surface area (Å²) in [5.74, 6) is 5.51. The summed E-state index contributed by atoms with van der Waals surface area (Å²) in [5, 5.41) is 45.0. The third kappa shape index (κ3) is 3.02. The van der Waals surface area contributed by atoms with Crippen LogP contribution < -0.4 is 0 Å². The molecule has 0 fully saturated rings. The molecule has 5 aliphatic carbocycles. The molecule has 162 valence electrons. The lowest BCUT2D eigenvalue weighted by molar-refractivity contribution is -0.104. The Morgan fingerprint density at radius 2 is 1.03 bits per heavy atom. The van der Waals surface area contributed by atoms with Gasteiger partial charge in [0.1, 0.15) is 0 Å². The van der Waals surface area contributed by atoms with Crippen LogP contribution in [0.25, 0.3) is 11.1 Å². The summed E-state index contributed by atoms with van der Waals surface area (Å²) in [6.45, 7) is 3.48. The van der Waals surface area contributed by atoms with Crippen LogP contribution in [0.1, 0.15) is 48.9 Å². The quantitative estimate of drug-likeness (QED) is 0.414. The normalized spacial score (nSPS) is 32.9. The minimum absolute atomic E-state index is 0.343. The molecular formula is C28H26O4. The van der Waals surface area contributed by atoms with Crippen LogP contribution in [0.4, 0.5) is 0 Å². The van der Waals surface area contributed by atoms with Gasteiger partial charge >= 0.3 is 0 Å². The van der Waals surface area contributed by atoms with Crippen molar-refractivity contribution in [3.05, 3.63) is 95.1 Å². The number of aliphatic hydroxyl groups is 4. The van der Waals surface area contributed by atoms with Gasteiger partial charge in [0.2, 0.25) is 0 Å². The third-order valence-corrected chi connectivity index (χ3v) is 7.09. The molecule has 0 aromatic heterocycles. The van der Waals surface area contributed by atoms with Crippen molar-refractivity contribution in [2.75, 3.05) is 0 Å². The molecule has 0 heterocycles. The first kappa shape index (κ1) is 20.9. The Hall–Kier alpha value is -2.94. The summed E-state index contributed by atoms with van der Waals surface area (Å²) < 4.78 is 0. The number of rotatable bonds is 0.